The van der Waals surface area contributed by atoms with Crippen molar-refractivity contribution >= 4 is 23.5 Å². The highest BCUT2D eigenvalue weighted by Crippen LogP contribution is 2.16. The summed E-state index contributed by atoms with van der Waals surface area (Å²) in [6.45, 7) is 0. The molecule has 2 aromatic rings. The minimum absolute atomic E-state index is 0.0298. The summed E-state index contributed by atoms with van der Waals surface area (Å²) in [5.74, 6) is -1.73. The van der Waals surface area contributed by atoms with Crippen LogP contribution in [0.1, 0.15) is 22.0 Å². The highest BCUT2D eigenvalue weighted by molar-refractivity contribution is 6.32. The van der Waals surface area contributed by atoms with Gasteiger partial charge >= 0.3 is 5.97 Å². The second kappa shape index (κ2) is 6.16. The molecule has 1 aromatic heterocycles. The molecule has 0 aliphatic carbocycles. The SMILES string of the molecule is O=C(N[C@@H](C(=O)O)c1ccccc1)c1cccnc1Cl. The van der Waals surface area contributed by atoms with Crippen molar-refractivity contribution in [2.75, 3.05) is 0 Å². The van der Waals surface area contributed by atoms with Gasteiger partial charge in [0.15, 0.2) is 6.04 Å². The number of nitrogens with zero attached hydrogens (tertiary/aromatic N) is 1. The zero-order valence-electron chi connectivity index (χ0n) is 10.3. The molecule has 0 aliphatic rings. The third-order valence-electron chi connectivity index (χ3n) is 2.66. The van der Waals surface area contributed by atoms with E-state index in [1.165, 1.54) is 12.3 Å². The van der Waals surface area contributed by atoms with Gasteiger partial charge in [-0.25, -0.2) is 9.78 Å². The number of amides is 1. The molecule has 102 valence electrons. The molecular formula is C14H11ClN2O3. The summed E-state index contributed by atoms with van der Waals surface area (Å²) in [6.07, 6.45) is 1.45. The van der Waals surface area contributed by atoms with E-state index < -0.39 is 17.9 Å². The van der Waals surface area contributed by atoms with Crippen LogP contribution >= 0.6 is 11.6 Å². The van der Waals surface area contributed by atoms with Crippen LogP contribution in [0.4, 0.5) is 0 Å². The van der Waals surface area contributed by atoms with Crippen molar-refractivity contribution in [3.8, 4) is 0 Å². The van der Waals surface area contributed by atoms with Crippen LogP contribution < -0.4 is 5.32 Å². The minimum Gasteiger partial charge on any atom is -0.479 e. The first-order chi connectivity index (χ1) is 9.59. The predicted molar refractivity (Wildman–Crippen MR) is 73.5 cm³/mol. The van der Waals surface area contributed by atoms with Crippen LogP contribution in [0.5, 0.6) is 0 Å². The molecule has 2 N–H and O–H groups in total. The lowest BCUT2D eigenvalue weighted by Crippen LogP contribution is -2.33. The molecule has 6 heteroatoms. The summed E-state index contributed by atoms with van der Waals surface area (Å²) in [6, 6.07) is 10.3. The topological polar surface area (TPSA) is 79.3 Å². The van der Waals surface area contributed by atoms with Crippen LogP contribution in [0, 0.1) is 0 Å². The number of halogens is 1. The van der Waals surface area contributed by atoms with E-state index in [2.05, 4.69) is 10.3 Å². The quantitative estimate of drug-likeness (QED) is 0.847. The second-order valence-electron chi connectivity index (χ2n) is 4.00. The van der Waals surface area contributed by atoms with Gasteiger partial charge in [0.1, 0.15) is 5.15 Å². The molecule has 2 rings (SSSR count). The van der Waals surface area contributed by atoms with Gasteiger partial charge in [0, 0.05) is 6.20 Å². The van der Waals surface area contributed by atoms with Crippen molar-refractivity contribution in [2.24, 2.45) is 0 Å². The Hall–Kier alpha value is -2.40. The van der Waals surface area contributed by atoms with Gasteiger partial charge in [0.05, 0.1) is 5.56 Å². The van der Waals surface area contributed by atoms with Crippen LogP contribution in [0.25, 0.3) is 0 Å². The number of carboxylic acids is 1. The van der Waals surface area contributed by atoms with E-state index in [0.29, 0.717) is 5.56 Å². The maximum absolute atomic E-state index is 12.1. The number of carboxylic acid groups (broad SMARTS) is 1. The molecular weight excluding hydrogens is 280 g/mol. The number of hydrogen-bond acceptors (Lipinski definition) is 3. The number of aromatic nitrogens is 1. The molecule has 1 atom stereocenters. The smallest absolute Gasteiger partial charge is 0.330 e. The highest BCUT2D eigenvalue weighted by atomic mass is 35.5. The van der Waals surface area contributed by atoms with E-state index in [0.717, 1.165) is 0 Å². The summed E-state index contributed by atoms with van der Waals surface area (Å²) < 4.78 is 0. The van der Waals surface area contributed by atoms with Crippen LogP contribution in [-0.4, -0.2) is 22.0 Å². The van der Waals surface area contributed by atoms with Gasteiger partial charge < -0.3 is 10.4 Å². The Morgan fingerprint density at radius 2 is 1.85 bits per heavy atom. The maximum atomic E-state index is 12.1. The molecule has 0 saturated carbocycles. The normalized spacial score (nSPS) is 11.7. The Morgan fingerprint density at radius 3 is 2.45 bits per heavy atom. The van der Waals surface area contributed by atoms with E-state index in [-0.39, 0.29) is 10.7 Å². The van der Waals surface area contributed by atoms with Gasteiger partial charge in [-0.2, -0.15) is 0 Å². The third kappa shape index (κ3) is 3.13. The fourth-order valence-corrected chi connectivity index (χ4v) is 1.90. The molecule has 0 unspecified atom stereocenters. The Balaban J connectivity index is 2.24. The van der Waals surface area contributed by atoms with Gasteiger partial charge in [-0.05, 0) is 17.7 Å². The van der Waals surface area contributed by atoms with Gasteiger partial charge in [-0.3, -0.25) is 4.79 Å². The summed E-state index contributed by atoms with van der Waals surface area (Å²) in [5.41, 5.74) is 0.615. The molecule has 0 fully saturated rings. The fraction of sp³-hybridized carbons (Fsp3) is 0.0714. The summed E-state index contributed by atoms with van der Waals surface area (Å²) in [4.78, 5) is 27.1. The van der Waals surface area contributed by atoms with Gasteiger partial charge in [0.2, 0.25) is 0 Å². The van der Waals surface area contributed by atoms with Crippen LogP contribution in [-0.2, 0) is 4.79 Å². The Kier molecular flexibility index (Phi) is 4.32. The van der Waals surface area contributed by atoms with Crippen molar-refractivity contribution in [2.45, 2.75) is 6.04 Å². The molecule has 0 radical (unpaired) electrons. The average molecular weight is 291 g/mol. The molecule has 20 heavy (non-hydrogen) atoms. The lowest BCUT2D eigenvalue weighted by molar-refractivity contribution is -0.139. The molecule has 1 heterocycles. The molecule has 0 saturated heterocycles. The Labute approximate surface area is 120 Å². The van der Waals surface area contributed by atoms with Crippen molar-refractivity contribution in [3.63, 3.8) is 0 Å². The van der Waals surface area contributed by atoms with E-state index in [1.807, 2.05) is 0 Å². The molecule has 0 bridgehead atoms. The lowest BCUT2D eigenvalue weighted by Gasteiger charge is -2.15. The first kappa shape index (κ1) is 14.0. The van der Waals surface area contributed by atoms with Gasteiger partial charge in [-0.1, -0.05) is 41.9 Å². The zero-order chi connectivity index (χ0) is 14.5. The second-order valence-corrected chi connectivity index (χ2v) is 4.36. The summed E-state index contributed by atoms with van der Waals surface area (Å²) >= 11 is 5.81. The molecule has 1 aromatic carbocycles. The van der Waals surface area contributed by atoms with Crippen molar-refractivity contribution in [1.29, 1.82) is 0 Å². The van der Waals surface area contributed by atoms with Gasteiger partial charge in [-0.15, -0.1) is 0 Å². The largest absolute Gasteiger partial charge is 0.479 e. The number of aliphatic carboxylic acids is 1. The minimum atomic E-state index is -1.15. The van der Waals surface area contributed by atoms with Crippen molar-refractivity contribution in [3.05, 3.63) is 64.9 Å². The van der Waals surface area contributed by atoms with E-state index >= 15 is 0 Å². The summed E-state index contributed by atoms with van der Waals surface area (Å²) in [7, 11) is 0. The van der Waals surface area contributed by atoms with Crippen LogP contribution in [0.2, 0.25) is 5.15 Å². The third-order valence-corrected chi connectivity index (χ3v) is 2.96. The predicted octanol–water partition coefficient (Wildman–Crippen LogP) is 2.29. The zero-order valence-corrected chi connectivity index (χ0v) is 11.0. The van der Waals surface area contributed by atoms with E-state index in [4.69, 9.17) is 11.6 Å². The Bertz CT molecular complexity index is 631. The number of benzene rings is 1. The highest BCUT2D eigenvalue weighted by Gasteiger charge is 2.23. The monoisotopic (exact) mass is 290 g/mol. The lowest BCUT2D eigenvalue weighted by atomic mass is 10.1. The molecule has 1 amide bonds. The standard InChI is InChI=1S/C14H11ClN2O3/c15-12-10(7-4-8-16-12)13(18)17-11(14(19)20)9-5-2-1-3-6-9/h1-8,11H,(H,17,18)(H,19,20)/t11-/m1/s1. The molecule has 0 spiro atoms. The van der Waals surface area contributed by atoms with E-state index in [1.54, 1.807) is 36.4 Å². The number of pyridine rings is 1. The van der Waals surface area contributed by atoms with Crippen molar-refractivity contribution < 1.29 is 14.7 Å². The van der Waals surface area contributed by atoms with Crippen molar-refractivity contribution in [1.82, 2.24) is 10.3 Å². The number of rotatable bonds is 4. The fourth-order valence-electron chi connectivity index (χ4n) is 1.70. The van der Waals surface area contributed by atoms with Gasteiger partial charge in [0.25, 0.3) is 5.91 Å². The first-order valence-electron chi connectivity index (χ1n) is 5.78. The maximum Gasteiger partial charge on any atom is 0.330 e. The molecule has 0 aliphatic heterocycles. The van der Waals surface area contributed by atoms with Crippen LogP contribution in [0.3, 0.4) is 0 Å². The first-order valence-corrected chi connectivity index (χ1v) is 6.16. The number of hydrogen-bond donors (Lipinski definition) is 2. The number of carbonyl (C=O) groups is 2. The summed E-state index contributed by atoms with van der Waals surface area (Å²) in [5, 5.41) is 11.7. The number of nitrogens with one attached hydrogen (secondary N) is 1. The van der Waals surface area contributed by atoms with Crippen LogP contribution in [0.15, 0.2) is 48.7 Å². The average Bonchev–Trinajstić information content (AvgIpc) is 2.45. The number of carbonyl (C=O) groups excluding carboxylic acids is 1. The van der Waals surface area contributed by atoms with E-state index in [9.17, 15) is 14.7 Å². The molecule has 5 nitrogen and oxygen atoms in total. The Morgan fingerprint density at radius 1 is 1.15 bits per heavy atom.